The fourth-order valence-electron chi connectivity index (χ4n) is 1.43. The van der Waals surface area contributed by atoms with Crippen LogP contribution >= 0.6 is 0 Å². The zero-order chi connectivity index (χ0) is 10.7. The van der Waals surface area contributed by atoms with E-state index in [1.165, 1.54) is 10.9 Å². The van der Waals surface area contributed by atoms with Gasteiger partial charge in [0.15, 0.2) is 0 Å². The van der Waals surface area contributed by atoms with Crippen molar-refractivity contribution in [2.45, 2.75) is 19.8 Å². The predicted octanol–water partition coefficient (Wildman–Crippen LogP) is 1.81. The molecule has 1 unspecified atom stereocenters. The lowest BCUT2D eigenvalue weighted by molar-refractivity contribution is -0.139. The van der Waals surface area contributed by atoms with Gasteiger partial charge in [-0.25, -0.2) is 4.68 Å². The standard InChI is InChI=1S/C10H14N2O2/c1-4-12-6-8(5-11-12)9(7(2)3)10(13)14/h4-7,9H,1H2,2-3H3,(H,13,14). The zero-order valence-electron chi connectivity index (χ0n) is 8.34. The van der Waals surface area contributed by atoms with Gasteiger partial charge in [0.2, 0.25) is 0 Å². The van der Waals surface area contributed by atoms with Crippen LogP contribution < -0.4 is 0 Å². The molecule has 1 rings (SSSR count). The summed E-state index contributed by atoms with van der Waals surface area (Å²) in [5, 5.41) is 13.0. The largest absolute Gasteiger partial charge is 0.481 e. The highest BCUT2D eigenvalue weighted by molar-refractivity contribution is 5.76. The van der Waals surface area contributed by atoms with E-state index in [4.69, 9.17) is 5.11 Å². The number of nitrogens with zero attached hydrogens (tertiary/aromatic N) is 2. The van der Waals surface area contributed by atoms with Crippen LogP contribution in [0.15, 0.2) is 19.0 Å². The van der Waals surface area contributed by atoms with Crippen LogP contribution in [0.4, 0.5) is 0 Å². The van der Waals surface area contributed by atoms with Gasteiger partial charge in [0.25, 0.3) is 0 Å². The van der Waals surface area contributed by atoms with Crippen LogP contribution in [0, 0.1) is 5.92 Å². The molecule has 4 heteroatoms. The summed E-state index contributed by atoms with van der Waals surface area (Å²) in [6, 6.07) is 0. The van der Waals surface area contributed by atoms with Gasteiger partial charge < -0.3 is 5.11 Å². The van der Waals surface area contributed by atoms with Gasteiger partial charge in [-0.2, -0.15) is 5.10 Å². The van der Waals surface area contributed by atoms with Crippen molar-refractivity contribution in [1.82, 2.24) is 9.78 Å². The average molecular weight is 194 g/mol. The van der Waals surface area contributed by atoms with E-state index in [0.29, 0.717) is 5.56 Å². The maximum Gasteiger partial charge on any atom is 0.311 e. The Morgan fingerprint density at radius 1 is 1.71 bits per heavy atom. The molecule has 1 aromatic rings. The van der Waals surface area contributed by atoms with Crippen molar-refractivity contribution in [3.63, 3.8) is 0 Å². The highest BCUT2D eigenvalue weighted by atomic mass is 16.4. The van der Waals surface area contributed by atoms with Crippen LogP contribution in [-0.2, 0) is 4.79 Å². The molecular weight excluding hydrogens is 180 g/mol. The summed E-state index contributed by atoms with van der Waals surface area (Å²) in [6.45, 7) is 7.30. The van der Waals surface area contributed by atoms with Crippen molar-refractivity contribution in [1.29, 1.82) is 0 Å². The molecule has 4 nitrogen and oxygen atoms in total. The van der Waals surface area contributed by atoms with Crippen LogP contribution in [0.5, 0.6) is 0 Å². The predicted molar refractivity (Wildman–Crippen MR) is 53.8 cm³/mol. The normalized spacial score (nSPS) is 12.8. The minimum Gasteiger partial charge on any atom is -0.481 e. The van der Waals surface area contributed by atoms with E-state index < -0.39 is 11.9 Å². The first-order valence-corrected chi connectivity index (χ1v) is 4.45. The van der Waals surface area contributed by atoms with E-state index in [2.05, 4.69) is 11.7 Å². The summed E-state index contributed by atoms with van der Waals surface area (Å²) in [5.41, 5.74) is 0.715. The van der Waals surface area contributed by atoms with Gasteiger partial charge >= 0.3 is 5.97 Å². The quantitative estimate of drug-likeness (QED) is 0.795. The molecule has 1 heterocycles. The van der Waals surface area contributed by atoms with E-state index >= 15 is 0 Å². The number of aromatic nitrogens is 2. The third kappa shape index (κ3) is 2.02. The molecule has 0 aliphatic rings. The lowest BCUT2D eigenvalue weighted by Crippen LogP contribution is -2.16. The van der Waals surface area contributed by atoms with Crippen LogP contribution in [0.1, 0.15) is 25.3 Å². The summed E-state index contributed by atoms with van der Waals surface area (Å²) in [5.74, 6) is -1.26. The van der Waals surface area contributed by atoms with Gasteiger partial charge in [-0.1, -0.05) is 20.4 Å². The molecule has 1 aromatic heterocycles. The van der Waals surface area contributed by atoms with Gasteiger partial charge in [-0.3, -0.25) is 4.79 Å². The average Bonchev–Trinajstić information content (AvgIpc) is 2.51. The summed E-state index contributed by atoms with van der Waals surface area (Å²) in [4.78, 5) is 11.0. The molecule has 1 N–H and O–H groups in total. The molecule has 0 spiro atoms. The summed E-state index contributed by atoms with van der Waals surface area (Å²) >= 11 is 0. The molecule has 0 aliphatic carbocycles. The molecular formula is C10H14N2O2. The molecule has 14 heavy (non-hydrogen) atoms. The van der Waals surface area contributed by atoms with E-state index in [0.717, 1.165) is 0 Å². The lowest BCUT2D eigenvalue weighted by atomic mass is 9.91. The second-order valence-corrected chi connectivity index (χ2v) is 3.50. The van der Waals surface area contributed by atoms with Crippen LogP contribution in [-0.4, -0.2) is 20.9 Å². The molecule has 0 fully saturated rings. The van der Waals surface area contributed by atoms with Crippen molar-refractivity contribution < 1.29 is 9.90 Å². The zero-order valence-corrected chi connectivity index (χ0v) is 8.34. The number of hydrogen-bond donors (Lipinski definition) is 1. The maximum absolute atomic E-state index is 11.0. The van der Waals surface area contributed by atoms with Gasteiger partial charge in [0, 0.05) is 18.0 Å². The van der Waals surface area contributed by atoms with Gasteiger partial charge in [-0.15, -0.1) is 0 Å². The van der Waals surface area contributed by atoms with Crippen LogP contribution in [0.25, 0.3) is 6.20 Å². The Hall–Kier alpha value is -1.58. The van der Waals surface area contributed by atoms with E-state index in [1.807, 2.05) is 13.8 Å². The molecule has 0 radical (unpaired) electrons. The molecule has 0 bridgehead atoms. The Labute approximate surface area is 82.9 Å². The van der Waals surface area contributed by atoms with E-state index in [9.17, 15) is 4.79 Å². The van der Waals surface area contributed by atoms with Crippen LogP contribution in [0.2, 0.25) is 0 Å². The molecule has 0 saturated heterocycles. The Balaban J connectivity index is 2.99. The van der Waals surface area contributed by atoms with Crippen molar-refractivity contribution in [3.8, 4) is 0 Å². The fourth-order valence-corrected chi connectivity index (χ4v) is 1.43. The lowest BCUT2D eigenvalue weighted by Gasteiger charge is -2.13. The summed E-state index contributed by atoms with van der Waals surface area (Å²) in [6.07, 6.45) is 4.79. The summed E-state index contributed by atoms with van der Waals surface area (Å²) in [7, 11) is 0. The number of rotatable bonds is 4. The topological polar surface area (TPSA) is 55.1 Å². The molecule has 0 saturated carbocycles. The number of carboxylic acids is 1. The highest BCUT2D eigenvalue weighted by Gasteiger charge is 2.24. The monoisotopic (exact) mass is 194 g/mol. The van der Waals surface area contributed by atoms with Crippen molar-refractivity contribution in [2.75, 3.05) is 0 Å². The van der Waals surface area contributed by atoms with Crippen molar-refractivity contribution in [2.24, 2.45) is 5.92 Å². The first-order valence-electron chi connectivity index (χ1n) is 4.45. The third-order valence-corrected chi connectivity index (χ3v) is 2.10. The Kier molecular flexibility index (Phi) is 3.06. The van der Waals surface area contributed by atoms with Crippen molar-refractivity contribution >= 4 is 12.2 Å². The van der Waals surface area contributed by atoms with Gasteiger partial charge in [0.05, 0.1) is 12.1 Å². The fraction of sp³-hybridized carbons (Fsp3) is 0.400. The molecule has 0 amide bonds. The summed E-state index contributed by atoms with van der Waals surface area (Å²) < 4.78 is 1.51. The number of carbonyl (C=O) groups is 1. The second kappa shape index (κ2) is 4.09. The van der Waals surface area contributed by atoms with E-state index in [1.54, 1.807) is 12.4 Å². The number of carboxylic acid groups (broad SMARTS) is 1. The molecule has 76 valence electrons. The highest BCUT2D eigenvalue weighted by Crippen LogP contribution is 2.23. The Morgan fingerprint density at radius 2 is 2.36 bits per heavy atom. The van der Waals surface area contributed by atoms with Gasteiger partial charge in [0.1, 0.15) is 0 Å². The third-order valence-electron chi connectivity index (χ3n) is 2.10. The maximum atomic E-state index is 11.0. The number of hydrogen-bond acceptors (Lipinski definition) is 2. The first-order chi connectivity index (χ1) is 6.56. The molecule has 0 aromatic carbocycles. The number of aliphatic carboxylic acids is 1. The molecule has 1 atom stereocenters. The van der Waals surface area contributed by atoms with Crippen molar-refractivity contribution in [3.05, 3.63) is 24.5 Å². The SMILES string of the molecule is C=Cn1cc(C(C(=O)O)C(C)C)cn1. The Morgan fingerprint density at radius 3 is 2.71 bits per heavy atom. The van der Waals surface area contributed by atoms with Gasteiger partial charge in [-0.05, 0) is 5.92 Å². The van der Waals surface area contributed by atoms with E-state index in [-0.39, 0.29) is 5.92 Å². The Bertz CT molecular complexity index is 342. The first kappa shape index (κ1) is 10.5. The minimum atomic E-state index is -0.816. The van der Waals surface area contributed by atoms with Crippen LogP contribution in [0.3, 0.4) is 0 Å². The molecule has 0 aliphatic heterocycles. The minimum absolute atomic E-state index is 0.0509. The second-order valence-electron chi connectivity index (χ2n) is 3.50. The smallest absolute Gasteiger partial charge is 0.311 e.